The van der Waals surface area contributed by atoms with Crippen LogP contribution in [0.25, 0.3) is 28.0 Å². The maximum Gasteiger partial charge on any atom is 0.338 e. The molecule has 2 aromatic carbocycles. The van der Waals surface area contributed by atoms with Crippen LogP contribution in [0, 0.1) is 6.92 Å². The molecular weight excluding hydrogens is 390 g/mol. The van der Waals surface area contributed by atoms with Crippen LogP contribution in [0.3, 0.4) is 0 Å². The molecule has 0 aliphatic heterocycles. The molecule has 0 saturated carbocycles. The molecular formula is C21H18ClN5O2. The van der Waals surface area contributed by atoms with Crippen LogP contribution in [-0.4, -0.2) is 44.9 Å². The summed E-state index contributed by atoms with van der Waals surface area (Å²) in [6.07, 6.45) is 2.64. The molecule has 0 aliphatic carbocycles. The fraction of sp³-hybridized carbons (Fsp3) is 0.143. The van der Waals surface area contributed by atoms with Crippen molar-refractivity contribution in [3.05, 3.63) is 64.9 Å². The Morgan fingerprint density at radius 3 is 2.55 bits per heavy atom. The first-order valence-corrected chi connectivity index (χ1v) is 9.26. The van der Waals surface area contributed by atoms with Gasteiger partial charge in [-0.25, -0.2) is 14.5 Å². The summed E-state index contributed by atoms with van der Waals surface area (Å²) in [7, 11) is 3.78. The topological polar surface area (TPSA) is 84.1 Å². The van der Waals surface area contributed by atoms with Crippen molar-refractivity contribution in [2.75, 3.05) is 19.0 Å². The van der Waals surface area contributed by atoms with Gasteiger partial charge in [0.1, 0.15) is 5.82 Å². The molecule has 0 amide bonds. The second-order valence-corrected chi connectivity index (χ2v) is 7.29. The molecule has 4 rings (SSSR count). The van der Waals surface area contributed by atoms with E-state index in [0.29, 0.717) is 16.4 Å². The maximum absolute atomic E-state index is 11.2. The number of aromatic nitrogens is 4. The molecule has 146 valence electrons. The van der Waals surface area contributed by atoms with E-state index in [0.717, 1.165) is 22.1 Å². The third kappa shape index (κ3) is 3.40. The zero-order chi connectivity index (χ0) is 20.7. The number of carboxylic acid groups (broad SMARTS) is 1. The number of hydrogen-bond acceptors (Lipinski definition) is 5. The van der Waals surface area contributed by atoms with Crippen LogP contribution in [-0.2, 0) is 0 Å². The lowest BCUT2D eigenvalue weighted by Gasteiger charge is -2.17. The van der Waals surface area contributed by atoms with Crippen molar-refractivity contribution in [1.82, 2.24) is 19.7 Å². The van der Waals surface area contributed by atoms with E-state index in [1.807, 2.05) is 56.3 Å². The number of anilines is 1. The minimum absolute atomic E-state index is 0.0630. The number of aromatic carboxylic acids is 1. The van der Waals surface area contributed by atoms with Crippen LogP contribution in [0.1, 0.15) is 15.9 Å². The van der Waals surface area contributed by atoms with Crippen molar-refractivity contribution in [3.63, 3.8) is 0 Å². The smallest absolute Gasteiger partial charge is 0.338 e. The number of nitrogens with zero attached hydrogens (tertiary/aromatic N) is 5. The van der Waals surface area contributed by atoms with Gasteiger partial charge in [-0.2, -0.15) is 10.1 Å². The molecule has 8 heteroatoms. The summed E-state index contributed by atoms with van der Waals surface area (Å²) in [5.41, 5.74) is 3.78. The molecule has 1 N–H and O–H groups in total. The van der Waals surface area contributed by atoms with E-state index in [2.05, 4.69) is 15.1 Å². The highest BCUT2D eigenvalue weighted by atomic mass is 35.5. The van der Waals surface area contributed by atoms with Crippen LogP contribution < -0.4 is 4.90 Å². The van der Waals surface area contributed by atoms with Gasteiger partial charge in [-0.05, 0) is 30.2 Å². The Balaban J connectivity index is 1.95. The van der Waals surface area contributed by atoms with E-state index in [1.165, 1.54) is 17.1 Å². The van der Waals surface area contributed by atoms with Gasteiger partial charge >= 0.3 is 5.97 Å². The predicted octanol–water partition coefficient (Wildman–Crippen LogP) is 4.21. The zero-order valence-corrected chi connectivity index (χ0v) is 16.8. The number of rotatable bonds is 4. The van der Waals surface area contributed by atoms with Crippen LogP contribution in [0.15, 0.2) is 48.8 Å². The number of carboxylic acids is 1. The minimum Gasteiger partial charge on any atom is -0.478 e. The van der Waals surface area contributed by atoms with Crippen LogP contribution in [0.4, 0.5) is 5.82 Å². The van der Waals surface area contributed by atoms with Gasteiger partial charge in [0.15, 0.2) is 0 Å². The average Bonchev–Trinajstić information content (AvgIpc) is 3.17. The van der Waals surface area contributed by atoms with E-state index in [9.17, 15) is 4.79 Å². The Kier molecular flexibility index (Phi) is 4.68. The van der Waals surface area contributed by atoms with E-state index in [4.69, 9.17) is 16.7 Å². The average molecular weight is 408 g/mol. The lowest BCUT2D eigenvalue weighted by molar-refractivity contribution is 0.0697. The molecule has 7 nitrogen and oxygen atoms in total. The molecule has 0 fully saturated rings. The summed E-state index contributed by atoms with van der Waals surface area (Å²) < 4.78 is 1.35. The fourth-order valence-electron chi connectivity index (χ4n) is 3.19. The highest BCUT2D eigenvalue weighted by molar-refractivity contribution is 6.34. The summed E-state index contributed by atoms with van der Waals surface area (Å²) in [5.74, 6) is -0.104. The second-order valence-electron chi connectivity index (χ2n) is 6.88. The second kappa shape index (κ2) is 7.18. The lowest BCUT2D eigenvalue weighted by Crippen LogP contribution is -2.14. The number of fused-ring (bicyclic) bond motifs is 1. The third-order valence-corrected chi connectivity index (χ3v) is 4.96. The Bertz CT molecular complexity index is 1250. The number of carbonyl (C=O) groups is 1. The summed E-state index contributed by atoms with van der Waals surface area (Å²) >= 11 is 6.61. The number of benzene rings is 2. The lowest BCUT2D eigenvalue weighted by atomic mass is 9.99. The van der Waals surface area contributed by atoms with Gasteiger partial charge in [0, 0.05) is 31.2 Å². The zero-order valence-electron chi connectivity index (χ0n) is 16.1. The Morgan fingerprint density at radius 2 is 1.90 bits per heavy atom. The predicted molar refractivity (Wildman–Crippen MR) is 113 cm³/mol. The molecule has 2 aromatic heterocycles. The van der Waals surface area contributed by atoms with E-state index in [1.54, 1.807) is 6.07 Å². The maximum atomic E-state index is 11.2. The third-order valence-electron chi connectivity index (χ3n) is 4.65. The molecule has 0 radical (unpaired) electrons. The summed E-state index contributed by atoms with van der Waals surface area (Å²) in [6.45, 7) is 2.04. The van der Waals surface area contributed by atoms with E-state index >= 15 is 0 Å². The van der Waals surface area contributed by atoms with Gasteiger partial charge in [0.2, 0.25) is 0 Å². The summed E-state index contributed by atoms with van der Waals surface area (Å²) in [6, 6.07) is 11.8. The molecule has 0 spiro atoms. The van der Waals surface area contributed by atoms with Crippen molar-refractivity contribution in [3.8, 4) is 17.1 Å². The first-order chi connectivity index (χ1) is 13.8. The normalized spacial score (nSPS) is 11.0. The Hall–Kier alpha value is -3.45. The van der Waals surface area contributed by atoms with Gasteiger partial charge in [-0.15, -0.1) is 0 Å². The number of halogens is 1. The van der Waals surface area contributed by atoms with Crippen LogP contribution in [0.5, 0.6) is 0 Å². The molecule has 2 heterocycles. The van der Waals surface area contributed by atoms with E-state index in [-0.39, 0.29) is 11.5 Å². The standard InChI is InChI=1S/C21H18ClN5O2/c1-12-6-4-5-7-14(12)15-8-16-18(9-17(15)22)24-21(25-19(16)26(2)3)27-11-13(10-23-27)20(28)29/h4-11H,1-3H3,(H,28,29). The number of aryl methyl sites for hydroxylation is 1. The van der Waals surface area contributed by atoms with Crippen molar-refractivity contribution in [2.45, 2.75) is 6.92 Å². The van der Waals surface area contributed by atoms with Crippen LogP contribution >= 0.6 is 11.6 Å². The molecule has 0 bridgehead atoms. The molecule has 0 saturated heterocycles. The van der Waals surface area contributed by atoms with Gasteiger partial charge in [0.05, 0.1) is 22.3 Å². The van der Waals surface area contributed by atoms with Gasteiger partial charge in [0.25, 0.3) is 5.95 Å². The molecule has 4 aromatic rings. The van der Waals surface area contributed by atoms with Crippen molar-refractivity contribution in [2.24, 2.45) is 0 Å². The largest absolute Gasteiger partial charge is 0.478 e. The van der Waals surface area contributed by atoms with Crippen molar-refractivity contribution < 1.29 is 9.90 Å². The summed E-state index contributed by atoms with van der Waals surface area (Å²) in [5, 5.41) is 14.6. The summed E-state index contributed by atoms with van der Waals surface area (Å²) in [4.78, 5) is 22.2. The first kappa shape index (κ1) is 18.9. The van der Waals surface area contributed by atoms with Crippen molar-refractivity contribution in [1.29, 1.82) is 0 Å². The molecule has 0 unspecified atom stereocenters. The monoisotopic (exact) mass is 407 g/mol. The minimum atomic E-state index is -1.06. The SMILES string of the molecule is Cc1ccccc1-c1cc2c(N(C)C)nc(-n3cc(C(=O)O)cn3)nc2cc1Cl. The van der Waals surface area contributed by atoms with Crippen LogP contribution in [0.2, 0.25) is 5.02 Å². The highest BCUT2D eigenvalue weighted by Crippen LogP contribution is 2.36. The quantitative estimate of drug-likeness (QED) is 0.545. The first-order valence-electron chi connectivity index (χ1n) is 8.88. The molecule has 29 heavy (non-hydrogen) atoms. The molecule has 0 aliphatic rings. The highest BCUT2D eigenvalue weighted by Gasteiger charge is 2.17. The van der Waals surface area contributed by atoms with Crippen molar-refractivity contribution >= 4 is 34.3 Å². The Labute approximate surface area is 172 Å². The molecule has 0 atom stereocenters. The number of hydrogen-bond donors (Lipinski definition) is 1. The van der Waals surface area contributed by atoms with Gasteiger partial charge in [-0.1, -0.05) is 35.9 Å². The van der Waals surface area contributed by atoms with Gasteiger partial charge < -0.3 is 10.0 Å². The van der Waals surface area contributed by atoms with E-state index < -0.39 is 5.97 Å². The Morgan fingerprint density at radius 1 is 1.14 bits per heavy atom. The van der Waals surface area contributed by atoms with Gasteiger partial charge in [-0.3, -0.25) is 0 Å². The fourth-order valence-corrected chi connectivity index (χ4v) is 3.45.